The predicted octanol–water partition coefficient (Wildman–Crippen LogP) is 5.27. The molecule has 0 heterocycles. The second kappa shape index (κ2) is 6.68. The number of carbonyl (C=O) groups excluding carboxylic acids is 1. The molecule has 2 aromatic rings. The summed E-state index contributed by atoms with van der Waals surface area (Å²) in [5.41, 5.74) is 0.768. The van der Waals surface area contributed by atoms with Crippen LogP contribution in [0.4, 0.5) is 0 Å². The fraction of sp³-hybridized carbons (Fsp3) is 0.381. The predicted molar refractivity (Wildman–Crippen MR) is 97.1 cm³/mol. The summed E-state index contributed by atoms with van der Waals surface area (Å²) in [5.74, 6) is 1.50. The lowest BCUT2D eigenvalue weighted by molar-refractivity contribution is 0.103. The van der Waals surface area contributed by atoms with Gasteiger partial charge in [0.15, 0.2) is 5.78 Å². The summed E-state index contributed by atoms with van der Waals surface area (Å²) in [4.78, 5) is 12.6. The SMILES string of the molecule is CC(C)(C)Oc1ccc(C(=O)c2ccc(OC(C)(C)C)cc2)cc1. The van der Waals surface area contributed by atoms with Gasteiger partial charge in [-0.15, -0.1) is 0 Å². The summed E-state index contributed by atoms with van der Waals surface area (Å²) in [6.45, 7) is 12.0. The van der Waals surface area contributed by atoms with E-state index in [2.05, 4.69) is 0 Å². The molecule has 0 amide bonds. The molecule has 0 saturated carbocycles. The van der Waals surface area contributed by atoms with Crippen molar-refractivity contribution in [3.8, 4) is 11.5 Å². The Morgan fingerprint density at radius 1 is 0.625 bits per heavy atom. The van der Waals surface area contributed by atoms with Crippen LogP contribution in [-0.2, 0) is 0 Å². The minimum Gasteiger partial charge on any atom is -0.488 e. The van der Waals surface area contributed by atoms with Gasteiger partial charge in [-0.25, -0.2) is 0 Å². The number of rotatable bonds is 4. The van der Waals surface area contributed by atoms with Gasteiger partial charge in [-0.2, -0.15) is 0 Å². The molecule has 24 heavy (non-hydrogen) atoms. The van der Waals surface area contributed by atoms with Crippen LogP contribution in [0.15, 0.2) is 48.5 Å². The van der Waals surface area contributed by atoms with Gasteiger partial charge >= 0.3 is 0 Å². The summed E-state index contributed by atoms with van der Waals surface area (Å²) in [7, 11) is 0. The molecule has 0 aromatic heterocycles. The summed E-state index contributed by atoms with van der Waals surface area (Å²) < 4.78 is 11.6. The van der Waals surface area contributed by atoms with Crippen molar-refractivity contribution in [2.75, 3.05) is 0 Å². The Labute approximate surface area is 144 Å². The lowest BCUT2D eigenvalue weighted by Gasteiger charge is -2.21. The zero-order chi connectivity index (χ0) is 18.0. The molecular weight excluding hydrogens is 300 g/mol. The van der Waals surface area contributed by atoms with Crippen molar-refractivity contribution >= 4 is 5.78 Å². The molecule has 0 aliphatic rings. The third kappa shape index (κ3) is 5.41. The van der Waals surface area contributed by atoms with Crippen molar-refractivity contribution in [2.24, 2.45) is 0 Å². The van der Waals surface area contributed by atoms with Gasteiger partial charge in [-0.05, 0) is 90.1 Å². The summed E-state index contributed by atoms with van der Waals surface area (Å²) >= 11 is 0. The highest BCUT2D eigenvalue weighted by Crippen LogP contribution is 2.22. The van der Waals surface area contributed by atoms with E-state index >= 15 is 0 Å². The first-order valence-electron chi connectivity index (χ1n) is 8.16. The average Bonchev–Trinajstić information content (AvgIpc) is 2.45. The molecule has 0 unspecified atom stereocenters. The molecule has 0 atom stereocenters. The first-order chi connectivity index (χ1) is 11.0. The average molecular weight is 326 g/mol. The highest BCUT2D eigenvalue weighted by Gasteiger charge is 2.15. The number of hydrogen-bond donors (Lipinski definition) is 0. The Morgan fingerprint density at radius 2 is 0.917 bits per heavy atom. The molecule has 128 valence electrons. The smallest absolute Gasteiger partial charge is 0.193 e. The van der Waals surface area contributed by atoms with Crippen LogP contribution in [0, 0.1) is 0 Å². The molecule has 2 aromatic carbocycles. The van der Waals surface area contributed by atoms with Crippen molar-refractivity contribution in [1.82, 2.24) is 0 Å². The fourth-order valence-corrected chi connectivity index (χ4v) is 2.22. The molecule has 0 radical (unpaired) electrons. The third-order valence-electron chi connectivity index (χ3n) is 3.08. The summed E-state index contributed by atoms with van der Waals surface area (Å²) in [6, 6.07) is 14.5. The standard InChI is InChI=1S/C21H26O3/c1-20(2,3)23-17-11-7-15(8-12-17)19(22)16-9-13-18(14-10-16)24-21(4,5)6/h7-14H,1-6H3. The molecule has 0 aliphatic heterocycles. The number of benzene rings is 2. The largest absolute Gasteiger partial charge is 0.488 e. The fourth-order valence-electron chi connectivity index (χ4n) is 2.22. The van der Waals surface area contributed by atoms with Crippen LogP contribution < -0.4 is 9.47 Å². The van der Waals surface area contributed by atoms with Gasteiger partial charge in [0, 0.05) is 11.1 Å². The Morgan fingerprint density at radius 3 is 1.17 bits per heavy atom. The monoisotopic (exact) mass is 326 g/mol. The molecule has 0 aliphatic carbocycles. The topological polar surface area (TPSA) is 35.5 Å². The zero-order valence-electron chi connectivity index (χ0n) is 15.3. The van der Waals surface area contributed by atoms with Gasteiger partial charge in [0.2, 0.25) is 0 Å². The second-order valence-electron chi connectivity index (χ2n) is 7.81. The molecule has 0 saturated heterocycles. The zero-order valence-corrected chi connectivity index (χ0v) is 15.3. The quantitative estimate of drug-likeness (QED) is 0.718. The van der Waals surface area contributed by atoms with E-state index in [9.17, 15) is 4.79 Å². The van der Waals surface area contributed by atoms with Crippen molar-refractivity contribution in [3.63, 3.8) is 0 Å². The van der Waals surface area contributed by atoms with Crippen LogP contribution in [0.5, 0.6) is 11.5 Å². The maximum Gasteiger partial charge on any atom is 0.193 e. The molecule has 0 fully saturated rings. The minimum atomic E-state index is -0.256. The van der Waals surface area contributed by atoms with Gasteiger partial charge < -0.3 is 9.47 Å². The van der Waals surface area contributed by atoms with Gasteiger partial charge in [0.1, 0.15) is 22.7 Å². The minimum absolute atomic E-state index is 0.0142. The highest BCUT2D eigenvalue weighted by atomic mass is 16.5. The second-order valence-corrected chi connectivity index (χ2v) is 7.81. The summed E-state index contributed by atoms with van der Waals surface area (Å²) in [5, 5.41) is 0. The van der Waals surface area contributed by atoms with E-state index in [-0.39, 0.29) is 17.0 Å². The number of ether oxygens (including phenoxy) is 2. The van der Waals surface area contributed by atoms with Crippen molar-refractivity contribution in [1.29, 1.82) is 0 Å². The first-order valence-corrected chi connectivity index (χ1v) is 8.16. The van der Waals surface area contributed by atoms with Crippen molar-refractivity contribution in [3.05, 3.63) is 59.7 Å². The molecule has 0 N–H and O–H groups in total. The molecule has 3 heteroatoms. The molecule has 3 nitrogen and oxygen atoms in total. The van der Waals surface area contributed by atoms with Crippen LogP contribution >= 0.6 is 0 Å². The van der Waals surface area contributed by atoms with Gasteiger partial charge in [-0.1, -0.05) is 0 Å². The van der Waals surface area contributed by atoms with Crippen LogP contribution in [-0.4, -0.2) is 17.0 Å². The van der Waals surface area contributed by atoms with Crippen LogP contribution in [0.25, 0.3) is 0 Å². The molecule has 0 spiro atoms. The Kier molecular flexibility index (Phi) is 5.02. The van der Waals surface area contributed by atoms with E-state index in [1.807, 2.05) is 65.8 Å². The van der Waals surface area contributed by atoms with Gasteiger partial charge in [-0.3, -0.25) is 4.79 Å². The molecule has 0 bridgehead atoms. The Hall–Kier alpha value is -2.29. The van der Waals surface area contributed by atoms with E-state index in [0.717, 1.165) is 11.5 Å². The maximum absolute atomic E-state index is 12.6. The van der Waals surface area contributed by atoms with E-state index < -0.39 is 0 Å². The highest BCUT2D eigenvalue weighted by molar-refractivity contribution is 6.09. The lowest BCUT2D eigenvalue weighted by Crippen LogP contribution is -2.23. The van der Waals surface area contributed by atoms with Crippen LogP contribution in [0.2, 0.25) is 0 Å². The van der Waals surface area contributed by atoms with E-state index in [1.54, 1.807) is 24.3 Å². The van der Waals surface area contributed by atoms with Crippen molar-refractivity contribution < 1.29 is 14.3 Å². The number of ketones is 1. The van der Waals surface area contributed by atoms with Crippen LogP contribution in [0.3, 0.4) is 0 Å². The van der Waals surface area contributed by atoms with E-state index in [1.165, 1.54) is 0 Å². The first kappa shape index (κ1) is 18.1. The van der Waals surface area contributed by atoms with E-state index in [0.29, 0.717) is 11.1 Å². The van der Waals surface area contributed by atoms with Crippen LogP contribution in [0.1, 0.15) is 57.5 Å². The van der Waals surface area contributed by atoms with Crippen molar-refractivity contribution in [2.45, 2.75) is 52.7 Å². The maximum atomic E-state index is 12.6. The Bertz CT molecular complexity index is 622. The number of hydrogen-bond acceptors (Lipinski definition) is 3. The van der Waals surface area contributed by atoms with E-state index in [4.69, 9.17) is 9.47 Å². The van der Waals surface area contributed by atoms with Gasteiger partial charge in [0.25, 0.3) is 0 Å². The normalized spacial score (nSPS) is 11.9. The van der Waals surface area contributed by atoms with Gasteiger partial charge in [0.05, 0.1) is 0 Å². The molecular formula is C21H26O3. The number of carbonyl (C=O) groups is 1. The summed E-state index contributed by atoms with van der Waals surface area (Å²) in [6.07, 6.45) is 0. The lowest BCUT2D eigenvalue weighted by atomic mass is 10.0. The molecule has 2 rings (SSSR count). The Balaban J connectivity index is 2.11. The third-order valence-corrected chi connectivity index (χ3v) is 3.08.